The van der Waals surface area contributed by atoms with Crippen molar-refractivity contribution in [1.29, 1.82) is 0 Å². The molecule has 1 aromatic heterocycles. The minimum atomic E-state index is -0.782. The second kappa shape index (κ2) is 11.6. The zero-order valence-corrected chi connectivity index (χ0v) is 20.6. The number of ketones is 1. The first-order valence-electron chi connectivity index (χ1n) is 12.3. The fourth-order valence-electron chi connectivity index (χ4n) is 4.28. The number of aliphatic hydroxyl groups is 1. The van der Waals surface area contributed by atoms with Gasteiger partial charge >= 0.3 is 0 Å². The predicted molar refractivity (Wildman–Crippen MR) is 136 cm³/mol. The number of aliphatic hydroxyl groups excluding tert-OH is 1. The van der Waals surface area contributed by atoms with E-state index in [1.54, 1.807) is 36.4 Å². The topological polar surface area (TPSA) is 89.2 Å². The van der Waals surface area contributed by atoms with Gasteiger partial charge in [-0.15, -0.1) is 0 Å². The predicted octanol–water partition coefficient (Wildman–Crippen LogP) is 5.87. The van der Waals surface area contributed by atoms with Gasteiger partial charge in [0, 0.05) is 5.56 Å². The van der Waals surface area contributed by atoms with Gasteiger partial charge in [-0.25, -0.2) is 0 Å². The Morgan fingerprint density at radius 1 is 0.944 bits per heavy atom. The van der Waals surface area contributed by atoms with Crippen LogP contribution in [0.1, 0.15) is 56.0 Å². The standard InChI is InChI=1S/C29H31NO6/c1-3-5-6-17-35-23-13-9-20(10-14-23)26-25(27(31)21-11-15-22(16-12-21)34-4-2)28(32)29(33)30(26)19-24-8-7-18-36-24/h7-16,18,26,31H,3-6,17,19H2,1-2H3. The summed E-state index contributed by atoms with van der Waals surface area (Å²) < 4.78 is 16.7. The third kappa shape index (κ3) is 5.46. The van der Waals surface area contributed by atoms with Crippen molar-refractivity contribution >= 4 is 17.4 Å². The van der Waals surface area contributed by atoms with Crippen LogP contribution in [-0.4, -0.2) is 34.9 Å². The Kier molecular flexibility index (Phi) is 8.10. The second-order valence-electron chi connectivity index (χ2n) is 8.59. The lowest BCUT2D eigenvalue weighted by Crippen LogP contribution is -2.29. The number of ether oxygens (including phenoxy) is 2. The first-order valence-corrected chi connectivity index (χ1v) is 12.3. The number of carbonyl (C=O) groups is 2. The average Bonchev–Trinajstić information content (AvgIpc) is 3.50. The van der Waals surface area contributed by atoms with Crippen LogP contribution in [0.15, 0.2) is 76.9 Å². The molecule has 0 saturated carbocycles. The van der Waals surface area contributed by atoms with Crippen molar-refractivity contribution in [1.82, 2.24) is 4.90 Å². The molecule has 1 aliphatic rings. The van der Waals surface area contributed by atoms with E-state index in [0.29, 0.717) is 41.6 Å². The van der Waals surface area contributed by atoms with Crippen molar-refractivity contribution in [2.24, 2.45) is 0 Å². The molecule has 3 aromatic rings. The lowest BCUT2D eigenvalue weighted by molar-refractivity contribution is -0.140. The maximum Gasteiger partial charge on any atom is 0.296 e. The van der Waals surface area contributed by atoms with Gasteiger partial charge < -0.3 is 23.9 Å². The van der Waals surface area contributed by atoms with Gasteiger partial charge in [0.15, 0.2) is 0 Å². The monoisotopic (exact) mass is 489 g/mol. The van der Waals surface area contributed by atoms with E-state index >= 15 is 0 Å². The van der Waals surface area contributed by atoms with Crippen LogP contribution in [0.3, 0.4) is 0 Å². The molecule has 2 heterocycles. The van der Waals surface area contributed by atoms with Gasteiger partial charge in [-0.2, -0.15) is 0 Å². The number of furan rings is 1. The number of carbonyl (C=O) groups excluding carboxylic acids is 2. The van der Waals surface area contributed by atoms with Gasteiger partial charge in [0.2, 0.25) is 0 Å². The third-order valence-electron chi connectivity index (χ3n) is 6.10. The highest BCUT2D eigenvalue weighted by molar-refractivity contribution is 6.46. The molecule has 0 radical (unpaired) electrons. The number of nitrogens with zero attached hydrogens (tertiary/aromatic N) is 1. The first-order chi connectivity index (χ1) is 17.5. The summed E-state index contributed by atoms with van der Waals surface area (Å²) in [6.07, 6.45) is 4.71. The fourth-order valence-corrected chi connectivity index (χ4v) is 4.28. The molecular formula is C29H31NO6. The van der Waals surface area contributed by atoms with E-state index in [9.17, 15) is 14.7 Å². The Balaban J connectivity index is 1.70. The van der Waals surface area contributed by atoms with Crippen LogP contribution < -0.4 is 9.47 Å². The molecule has 2 aromatic carbocycles. The number of hydrogen-bond donors (Lipinski definition) is 1. The van der Waals surface area contributed by atoms with Crippen molar-refractivity contribution in [2.45, 2.75) is 45.7 Å². The highest BCUT2D eigenvalue weighted by atomic mass is 16.5. The summed E-state index contributed by atoms with van der Waals surface area (Å²) in [5.74, 6) is 0.242. The molecule has 1 amide bonds. The van der Waals surface area contributed by atoms with E-state index in [1.807, 2.05) is 31.2 Å². The molecule has 1 aliphatic heterocycles. The van der Waals surface area contributed by atoms with E-state index < -0.39 is 17.7 Å². The number of benzene rings is 2. The Labute approximate surface area is 210 Å². The smallest absolute Gasteiger partial charge is 0.296 e. The SMILES string of the molecule is CCCCCOc1ccc(C2C(=C(O)c3ccc(OCC)cc3)C(=O)C(=O)N2Cc2ccco2)cc1. The summed E-state index contributed by atoms with van der Waals surface area (Å²) in [6.45, 7) is 5.26. The normalized spacial score (nSPS) is 16.9. The van der Waals surface area contributed by atoms with Crippen LogP contribution in [0, 0.1) is 0 Å². The van der Waals surface area contributed by atoms with Gasteiger partial charge in [-0.3, -0.25) is 9.59 Å². The Bertz CT molecular complexity index is 1200. The number of unbranched alkanes of at least 4 members (excludes halogenated alkanes) is 2. The van der Waals surface area contributed by atoms with E-state index in [2.05, 4.69) is 6.92 Å². The highest BCUT2D eigenvalue weighted by Crippen LogP contribution is 2.41. The summed E-state index contributed by atoms with van der Waals surface area (Å²) in [5, 5.41) is 11.2. The summed E-state index contributed by atoms with van der Waals surface area (Å²) in [4.78, 5) is 27.7. The van der Waals surface area contributed by atoms with Crippen molar-refractivity contribution in [2.75, 3.05) is 13.2 Å². The van der Waals surface area contributed by atoms with Gasteiger partial charge in [-0.1, -0.05) is 31.9 Å². The molecule has 7 heteroatoms. The summed E-state index contributed by atoms with van der Waals surface area (Å²) in [6, 6.07) is 16.8. The molecule has 1 N–H and O–H groups in total. The van der Waals surface area contributed by atoms with Crippen molar-refractivity contribution < 1.29 is 28.6 Å². The highest BCUT2D eigenvalue weighted by Gasteiger charge is 2.46. The summed E-state index contributed by atoms with van der Waals surface area (Å²) >= 11 is 0. The molecule has 188 valence electrons. The molecule has 36 heavy (non-hydrogen) atoms. The molecule has 1 fully saturated rings. The zero-order valence-electron chi connectivity index (χ0n) is 20.6. The maximum atomic E-state index is 13.2. The van der Waals surface area contributed by atoms with Crippen molar-refractivity contribution in [3.8, 4) is 11.5 Å². The third-order valence-corrected chi connectivity index (χ3v) is 6.10. The number of Topliss-reactive ketones (excluding diaryl/α,β-unsaturated/α-hetero) is 1. The van der Waals surface area contributed by atoms with Crippen LogP contribution in [0.5, 0.6) is 11.5 Å². The van der Waals surface area contributed by atoms with E-state index in [0.717, 1.165) is 19.3 Å². The molecule has 1 atom stereocenters. The van der Waals surface area contributed by atoms with Gasteiger partial charge in [0.05, 0.1) is 37.6 Å². The van der Waals surface area contributed by atoms with E-state index in [4.69, 9.17) is 13.9 Å². The molecule has 0 aliphatic carbocycles. The largest absolute Gasteiger partial charge is 0.507 e. The molecule has 1 unspecified atom stereocenters. The van der Waals surface area contributed by atoms with Gasteiger partial charge in [-0.05, 0) is 67.4 Å². The van der Waals surface area contributed by atoms with Crippen molar-refractivity contribution in [3.05, 3.63) is 89.4 Å². The van der Waals surface area contributed by atoms with E-state index in [-0.39, 0.29) is 17.9 Å². The summed E-state index contributed by atoms with van der Waals surface area (Å²) in [7, 11) is 0. The van der Waals surface area contributed by atoms with Crippen LogP contribution in [0.4, 0.5) is 0 Å². The Morgan fingerprint density at radius 3 is 2.28 bits per heavy atom. The lowest BCUT2D eigenvalue weighted by atomic mass is 9.95. The van der Waals surface area contributed by atoms with Gasteiger partial charge in [0.1, 0.15) is 23.0 Å². The quantitative estimate of drug-likeness (QED) is 0.157. The number of amides is 1. The Hall–Kier alpha value is -4.00. The fraction of sp³-hybridized carbons (Fsp3) is 0.310. The van der Waals surface area contributed by atoms with Crippen molar-refractivity contribution in [3.63, 3.8) is 0 Å². The van der Waals surface area contributed by atoms with Crippen LogP contribution >= 0.6 is 0 Å². The molecular weight excluding hydrogens is 458 g/mol. The maximum absolute atomic E-state index is 13.2. The number of likely N-dealkylation sites (tertiary alicyclic amines) is 1. The minimum absolute atomic E-state index is 0.0346. The molecule has 7 nitrogen and oxygen atoms in total. The molecule has 4 rings (SSSR count). The van der Waals surface area contributed by atoms with Gasteiger partial charge in [0.25, 0.3) is 11.7 Å². The Morgan fingerprint density at radius 2 is 1.64 bits per heavy atom. The minimum Gasteiger partial charge on any atom is -0.507 e. The number of hydrogen-bond acceptors (Lipinski definition) is 6. The second-order valence-corrected chi connectivity index (χ2v) is 8.59. The zero-order chi connectivity index (χ0) is 25.5. The first kappa shape index (κ1) is 25.1. The number of rotatable bonds is 11. The molecule has 0 bridgehead atoms. The van der Waals surface area contributed by atoms with Crippen LogP contribution in [0.25, 0.3) is 5.76 Å². The van der Waals surface area contributed by atoms with E-state index in [1.165, 1.54) is 11.2 Å². The molecule has 0 spiro atoms. The average molecular weight is 490 g/mol. The van der Waals surface area contributed by atoms with Crippen LogP contribution in [-0.2, 0) is 16.1 Å². The molecule has 1 saturated heterocycles. The lowest BCUT2D eigenvalue weighted by Gasteiger charge is -2.24. The van der Waals surface area contributed by atoms with Crippen LogP contribution in [0.2, 0.25) is 0 Å². The summed E-state index contributed by atoms with van der Waals surface area (Å²) in [5.41, 5.74) is 1.15.